The summed E-state index contributed by atoms with van der Waals surface area (Å²) in [6.07, 6.45) is 0.129. The van der Waals surface area contributed by atoms with Crippen LogP contribution < -0.4 is 10.4 Å². The van der Waals surface area contributed by atoms with Crippen LogP contribution in [0.1, 0.15) is 51.3 Å². The second-order valence-corrected chi connectivity index (χ2v) is 8.13. The third kappa shape index (κ3) is 6.69. The lowest BCUT2D eigenvalue weighted by Gasteiger charge is -2.29. The number of anilines is 1. The minimum absolute atomic E-state index is 0.162. The SMILES string of the molecule is CCCN(NC[C@H](O)c1cccc(Cl)c1)c1ccc(C(C)(C(=O)OCC)C(=O)OCC)cc1. The molecule has 2 N–H and O–H groups in total. The maximum absolute atomic E-state index is 12.7. The van der Waals surface area contributed by atoms with Crippen LogP contribution in [0.15, 0.2) is 48.5 Å². The van der Waals surface area contributed by atoms with Crippen molar-refractivity contribution in [2.45, 2.75) is 45.6 Å². The third-order valence-corrected chi connectivity index (χ3v) is 5.51. The van der Waals surface area contributed by atoms with Gasteiger partial charge in [-0.3, -0.25) is 9.59 Å². The van der Waals surface area contributed by atoms with E-state index in [9.17, 15) is 14.7 Å². The van der Waals surface area contributed by atoms with Gasteiger partial charge in [-0.25, -0.2) is 5.43 Å². The van der Waals surface area contributed by atoms with Gasteiger partial charge in [0.05, 0.1) is 25.0 Å². The Bertz CT molecular complexity index is 901. The average molecular weight is 477 g/mol. The molecule has 0 unspecified atom stereocenters. The number of esters is 2. The van der Waals surface area contributed by atoms with Gasteiger partial charge in [0.25, 0.3) is 0 Å². The van der Waals surface area contributed by atoms with E-state index in [2.05, 4.69) is 12.3 Å². The Balaban J connectivity index is 2.22. The van der Waals surface area contributed by atoms with Gasteiger partial charge in [-0.05, 0) is 62.6 Å². The molecular formula is C25H33ClN2O5. The summed E-state index contributed by atoms with van der Waals surface area (Å²) in [4.78, 5) is 25.3. The lowest BCUT2D eigenvalue weighted by molar-refractivity contribution is -0.163. The molecule has 2 aromatic rings. The molecule has 0 bridgehead atoms. The number of nitrogens with one attached hydrogen (secondary N) is 1. The number of carbonyl (C=O) groups excluding carboxylic acids is 2. The van der Waals surface area contributed by atoms with Crippen molar-refractivity contribution < 1.29 is 24.2 Å². The van der Waals surface area contributed by atoms with Crippen molar-refractivity contribution >= 4 is 29.2 Å². The molecule has 0 saturated heterocycles. The van der Waals surface area contributed by atoms with Crippen LogP contribution in [0, 0.1) is 0 Å². The zero-order chi connectivity index (χ0) is 24.4. The molecule has 0 spiro atoms. The maximum Gasteiger partial charge on any atom is 0.327 e. The fraction of sp³-hybridized carbons (Fsp3) is 0.440. The molecule has 0 aliphatic rings. The first-order valence-electron chi connectivity index (χ1n) is 11.2. The first kappa shape index (κ1) is 26.6. The maximum atomic E-state index is 12.7. The third-order valence-electron chi connectivity index (χ3n) is 5.28. The summed E-state index contributed by atoms with van der Waals surface area (Å²) < 4.78 is 10.3. The topological polar surface area (TPSA) is 88.1 Å². The number of nitrogens with zero attached hydrogens (tertiary/aromatic N) is 1. The number of benzene rings is 2. The minimum atomic E-state index is -1.56. The van der Waals surface area contributed by atoms with E-state index in [1.54, 1.807) is 44.2 Å². The van der Waals surface area contributed by atoms with Gasteiger partial charge in [-0.1, -0.05) is 42.8 Å². The Morgan fingerprint density at radius 2 is 1.67 bits per heavy atom. The van der Waals surface area contributed by atoms with Crippen LogP contribution in [0.4, 0.5) is 5.69 Å². The van der Waals surface area contributed by atoms with Crippen LogP contribution in [-0.4, -0.2) is 43.3 Å². The Morgan fingerprint density at radius 1 is 1.06 bits per heavy atom. The standard InChI is InChI=1S/C25H33ClN2O5/c1-5-15-28(27-17-22(29)18-9-8-10-20(26)16-18)21-13-11-19(12-14-21)25(4,23(30)32-6-2)24(31)33-7-3/h8-14,16,22,27,29H,5-7,15,17H2,1-4H3/t22-/m0/s1. The molecule has 0 heterocycles. The molecule has 33 heavy (non-hydrogen) atoms. The van der Waals surface area contributed by atoms with E-state index in [1.165, 1.54) is 6.92 Å². The van der Waals surface area contributed by atoms with E-state index in [1.807, 2.05) is 23.2 Å². The fourth-order valence-corrected chi connectivity index (χ4v) is 3.59. The van der Waals surface area contributed by atoms with Crippen molar-refractivity contribution in [2.24, 2.45) is 0 Å². The summed E-state index contributed by atoms with van der Waals surface area (Å²) in [6.45, 7) is 8.25. The lowest BCUT2D eigenvalue weighted by atomic mass is 9.82. The number of hydrazine groups is 1. The zero-order valence-corrected chi connectivity index (χ0v) is 20.4. The van der Waals surface area contributed by atoms with Crippen molar-refractivity contribution in [3.63, 3.8) is 0 Å². The minimum Gasteiger partial charge on any atom is -0.465 e. The second-order valence-electron chi connectivity index (χ2n) is 7.70. The van der Waals surface area contributed by atoms with Crippen molar-refractivity contribution in [3.05, 3.63) is 64.7 Å². The summed E-state index contributed by atoms with van der Waals surface area (Å²) >= 11 is 6.03. The first-order chi connectivity index (χ1) is 15.8. The van der Waals surface area contributed by atoms with Crippen LogP contribution >= 0.6 is 11.6 Å². The highest BCUT2D eigenvalue weighted by Gasteiger charge is 2.46. The highest BCUT2D eigenvalue weighted by Crippen LogP contribution is 2.29. The van der Waals surface area contributed by atoms with E-state index >= 15 is 0 Å². The predicted octanol–water partition coefficient (Wildman–Crippen LogP) is 4.18. The van der Waals surface area contributed by atoms with E-state index < -0.39 is 23.5 Å². The number of aliphatic hydroxyl groups excluding tert-OH is 1. The van der Waals surface area contributed by atoms with Crippen LogP contribution in [-0.2, 0) is 24.5 Å². The first-order valence-corrected chi connectivity index (χ1v) is 11.5. The van der Waals surface area contributed by atoms with Crippen molar-refractivity contribution in [1.29, 1.82) is 0 Å². The highest BCUT2D eigenvalue weighted by molar-refractivity contribution is 6.30. The molecule has 2 rings (SSSR count). The Hall–Kier alpha value is -2.61. The highest BCUT2D eigenvalue weighted by atomic mass is 35.5. The number of hydrogen-bond acceptors (Lipinski definition) is 7. The van der Waals surface area contributed by atoms with Crippen LogP contribution in [0.5, 0.6) is 0 Å². The number of rotatable bonds is 12. The fourth-order valence-electron chi connectivity index (χ4n) is 3.40. The molecule has 180 valence electrons. The van der Waals surface area contributed by atoms with Crippen molar-refractivity contribution in [2.75, 3.05) is 31.3 Å². The van der Waals surface area contributed by atoms with Gasteiger partial charge in [0.15, 0.2) is 5.41 Å². The summed E-state index contributed by atoms with van der Waals surface area (Å²) in [5.41, 5.74) is 3.73. The van der Waals surface area contributed by atoms with Gasteiger partial charge < -0.3 is 19.6 Å². The normalized spacial score (nSPS) is 12.2. The van der Waals surface area contributed by atoms with Gasteiger partial charge in [-0.2, -0.15) is 0 Å². The van der Waals surface area contributed by atoms with Gasteiger partial charge >= 0.3 is 11.9 Å². The number of carbonyl (C=O) groups is 2. The lowest BCUT2D eigenvalue weighted by Crippen LogP contribution is -2.44. The Morgan fingerprint density at radius 3 is 2.18 bits per heavy atom. The molecule has 0 radical (unpaired) electrons. The van der Waals surface area contributed by atoms with Gasteiger partial charge in [0.2, 0.25) is 0 Å². The van der Waals surface area contributed by atoms with Crippen LogP contribution in [0.2, 0.25) is 5.02 Å². The Labute approximate surface area is 200 Å². The molecule has 0 aliphatic carbocycles. The summed E-state index contributed by atoms with van der Waals surface area (Å²) in [5, 5.41) is 13.0. The molecular weight excluding hydrogens is 444 g/mol. The summed E-state index contributed by atoms with van der Waals surface area (Å²) in [5.74, 6) is -1.30. The van der Waals surface area contributed by atoms with Crippen molar-refractivity contribution in [1.82, 2.24) is 5.43 Å². The molecule has 0 amide bonds. The van der Waals surface area contributed by atoms with Crippen molar-refractivity contribution in [3.8, 4) is 0 Å². The van der Waals surface area contributed by atoms with Crippen LogP contribution in [0.3, 0.4) is 0 Å². The van der Waals surface area contributed by atoms with E-state index in [0.29, 0.717) is 17.1 Å². The zero-order valence-electron chi connectivity index (χ0n) is 19.6. The average Bonchev–Trinajstić information content (AvgIpc) is 2.81. The van der Waals surface area contributed by atoms with Gasteiger partial charge in [0.1, 0.15) is 0 Å². The van der Waals surface area contributed by atoms with Gasteiger partial charge in [0, 0.05) is 18.1 Å². The molecule has 8 heteroatoms. The smallest absolute Gasteiger partial charge is 0.327 e. The van der Waals surface area contributed by atoms with E-state index in [0.717, 1.165) is 17.7 Å². The predicted molar refractivity (Wildman–Crippen MR) is 129 cm³/mol. The number of halogens is 1. The molecule has 0 saturated carbocycles. The molecule has 0 aliphatic heterocycles. The molecule has 0 aromatic heterocycles. The molecule has 2 aromatic carbocycles. The number of hydrogen-bond donors (Lipinski definition) is 2. The van der Waals surface area contributed by atoms with E-state index in [-0.39, 0.29) is 19.8 Å². The largest absolute Gasteiger partial charge is 0.465 e. The quantitative estimate of drug-likeness (QED) is 0.270. The number of aliphatic hydroxyl groups is 1. The van der Waals surface area contributed by atoms with E-state index in [4.69, 9.17) is 21.1 Å². The van der Waals surface area contributed by atoms with Crippen LogP contribution in [0.25, 0.3) is 0 Å². The monoisotopic (exact) mass is 476 g/mol. The number of ether oxygens (including phenoxy) is 2. The Kier molecular flexibility index (Phi) is 10.2. The summed E-state index contributed by atoms with van der Waals surface area (Å²) in [6, 6.07) is 14.2. The summed E-state index contributed by atoms with van der Waals surface area (Å²) in [7, 11) is 0. The molecule has 7 nitrogen and oxygen atoms in total. The molecule has 0 fully saturated rings. The van der Waals surface area contributed by atoms with Gasteiger partial charge in [-0.15, -0.1) is 0 Å². The second kappa shape index (κ2) is 12.6. The molecule has 1 atom stereocenters.